The molecular weight excluding hydrogens is 303 g/mol. The SMILES string of the molecule is FC(C(F)(F)F)C(F)(F)C(F)(F)F.[CH2-]C.[Cl-].[Mg+2]. The van der Waals surface area contributed by atoms with Gasteiger partial charge in [0.1, 0.15) is 0 Å². The van der Waals surface area contributed by atoms with Crippen LogP contribution in [0.2, 0.25) is 0 Å². The van der Waals surface area contributed by atoms with Crippen molar-refractivity contribution in [2.45, 2.75) is 31.4 Å². The molecule has 0 rings (SSSR count). The van der Waals surface area contributed by atoms with E-state index in [0.29, 0.717) is 0 Å². The Morgan fingerprint density at radius 2 is 1.06 bits per heavy atom. The summed E-state index contributed by atoms with van der Waals surface area (Å²) >= 11 is 0. The average Bonchev–Trinajstić information content (AvgIpc) is 2.03. The molecule has 0 aliphatic carbocycles. The minimum Gasteiger partial charge on any atom is -1.00 e. The van der Waals surface area contributed by atoms with Gasteiger partial charge in [-0.15, -0.1) is 0 Å². The second-order valence-electron chi connectivity index (χ2n) is 2.02. The quantitative estimate of drug-likeness (QED) is 0.377. The van der Waals surface area contributed by atoms with Crippen LogP contribution in [-0.2, 0) is 0 Å². The molecule has 0 aromatic heterocycles. The van der Waals surface area contributed by atoms with Gasteiger partial charge >= 0.3 is 41.3 Å². The van der Waals surface area contributed by atoms with Crippen LogP contribution < -0.4 is 12.4 Å². The van der Waals surface area contributed by atoms with Gasteiger partial charge in [0.25, 0.3) is 6.17 Å². The molecule has 1 atom stereocenters. The molecule has 0 amide bonds. The third kappa shape index (κ3) is 7.45. The van der Waals surface area contributed by atoms with E-state index in [4.69, 9.17) is 0 Å². The van der Waals surface area contributed by atoms with E-state index < -0.39 is 24.4 Å². The maximum absolute atomic E-state index is 11.6. The van der Waals surface area contributed by atoms with Crippen LogP contribution in [0.5, 0.6) is 0 Å². The molecule has 0 nitrogen and oxygen atoms in total. The predicted molar refractivity (Wildman–Crippen MR) is 38.7 cm³/mol. The first-order chi connectivity index (χ1) is 6.40. The number of hydrogen-bond acceptors (Lipinski definition) is 0. The zero-order valence-corrected chi connectivity index (χ0v) is 10.4. The van der Waals surface area contributed by atoms with E-state index >= 15 is 0 Å². The molecule has 0 saturated carbocycles. The van der Waals surface area contributed by atoms with Crippen molar-refractivity contribution in [1.82, 2.24) is 0 Å². The average molecular weight is 309 g/mol. The van der Waals surface area contributed by atoms with Crippen molar-refractivity contribution >= 4 is 23.1 Å². The van der Waals surface area contributed by atoms with Gasteiger partial charge in [-0.3, -0.25) is 0 Å². The van der Waals surface area contributed by atoms with Crippen molar-refractivity contribution in [3.05, 3.63) is 6.92 Å². The van der Waals surface area contributed by atoms with E-state index in [1.165, 1.54) is 0 Å². The molecule has 0 aromatic rings. The largest absolute Gasteiger partial charge is 2.00 e. The zero-order chi connectivity index (χ0) is 13.1. The Labute approximate surface area is 113 Å². The van der Waals surface area contributed by atoms with Gasteiger partial charge in [0.05, 0.1) is 0 Å². The summed E-state index contributed by atoms with van der Waals surface area (Å²) in [7, 11) is 0. The normalized spacial score (nSPS) is 13.6. The first-order valence-electron chi connectivity index (χ1n) is 3.26. The number of halogens is 10. The second kappa shape index (κ2) is 8.51. The van der Waals surface area contributed by atoms with Gasteiger partial charge in [-0.1, -0.05) is 0 Å². The molecule has 11 heteroatoms. The molecule has 0 radical (unpaired) electrons. The monoisotopic (exact) mass is 308 g/mol. The Bertz CT molecular complexity index is 187. The van der Waals surface area contributed by atoms with Crippen LogP contribution in [0.3, 0.4) is 0 Å². The van der Waals surface area contributed by atoms with Crippen LogP contribution in [0.15, 0.2) is 0 Å². The van der Waals surface area contributed by atoms with Gasteiger partial charge in [0, 0.05) is 0 Å². The third-order valence-electron chi connectivity index (χ3n) is 0.984. The van der Waals surface area contributed by atoms with Crippen LogP contribution in [0.25, 0.3) is 0 Å². The van der Waals surface area contributed by atoms with Crippen molar-refractivity contribution in [3.8, 4) is 0 Å². The van der Waals surface area contributed by atoms with Crippen molar-refractivity contribution < 1.29 is 51.9 Å². The van der Waals surface area contributed by atoms with Gasteiger partial charge in [-0.05, 0) is 0 Å². The summed E-state index contributed by atoms with van der Waals surface area (Å²) in [6, 6.07) is 0. The van der Waals surface area contributed by atoms with E-state index in [1.54, 1.807) is 6.92 Å². The van der Waals surface area contributed by atoms with Crippen LogP contribution in [-0.4, -0.2) is 47.5 Å². The molecule has 0 N–H and O–H groups in total. The molecular formula is C6H6ClF9Mg. The molecule has 0 bridgehead atoms. The van der Waals surface area contributed by atoms with E-state index in [2.05, 4.69) is 6.92 Å². The fourth-order valence-electron chi connectivity index (χ4n) is 0.349. The Morgan fingerprint density at radius 1 is 0.824 bits per heavy atom. The molecule has 0 aromatic carbocycles. The molecule has 1 unspecified atom stereocenters. The van der Waals surface area contributed by atoms with E-state index in [1.807, 2.05) is 0 Å². The van der Waals surface area contributed by atoms with Crippen LogP contribution in [0.1, 0.15) is 6.92 Å². The molecule has 0 aliphatic heterocycles. The van der Waals surface area contributed by atoms with E-state index in [0.717, 1.165) is 0 Å². The van der Waals surface area contributed by atoms with Crippen LogP contribution in [0.4, 0.5) is 39.5 Å². The first kappa shape index (κ1) is 26.1. The first-order valence-corrected chi connectivity index (χ1v) is 3.26. The zero-order valence-electron chi connectivity index (χ0n) is 8.27. The number of hydrogen-bond donors (Lipinski definition) is 0. The minimum absolute atomic E-state index is 0. The Kier molecular flexibility index (Phi) is 13.1. The van der Waals surface area contributed by atoms with Gasteiger partial charge in [0.15, 0.2) is 0 Å². The molecule has 0 saturated heterocycles. The molecule has 0 heterocycles. The Hall–Kier alpha value is 0.426. The topological polar surface area (TPSA) is 0 Å². The molecule has 0 spiro atoms. The Morgan fingerprint density at radius 3 is 1.12 bits per heavy atom. The second-order valence-corrected chi connectivity index (χ2v) is 2.02. The molecule has 0 aliphatic rings. The molecule has 17 heavy (non-hydrogen) atoms. The predicted octanol–water partition coefficient (Wildman–Crippen LogP) is 0.548. The van der Waals surface area contributed by atoms with Crippen molar-refractivity contribution in [2.24, 2.45) is 0 Å². The summed E-state index contributed by atoms with van der Waals surface area (Å²) in [6.07, 6.45) is -18.0. The smallest absolute Gasteiger partial charge is 1.00 e. The van der Waals surface area contributed by atoms with Gasteiger partial charge in [-0.2, -0.15) is 42.0 Å². The van der Waals surface area contributed by atoms with Crippen molar-refractivity contribution in [1.29, 1.82) is 0 Å². The maximum atomic E-state index is 11.6. The number of alkyl halides is 9. The van der Waals surface area contributed by atoms with Crippen LogP contribution >= 0.6 is 0 Å². The summed E-state index contributed by atoms with van der Waals surface area (Å²) in [5.41, 5.74) is 0. The summed E-state index contributed by atoms with van der Waals surface area (Å²) in [5, 5.41) is 0. The fraction of sp³-hybridized carbons (Fsp3) is 0.833. The summed E-state index contributed by atoms with van der Waals surface area (Å²) < 4.78 is 102. The van der Waals surface area contributed by atoms with Gasteiger partial charge in [0.2, 0.25) is 0 Å². The summed E-state index contributed by atoms with van der Waals surface area (Å²) in [6.45, 7) is 5.00. The standard InChI is InChI=1S/C4HF9.C2H5.ClH.Mg/c5-1(3(8,9)10)2(6,7)4(11,12)13;1-2;;/h1H;1H2,2H3;1H;/q;-1;;+2/p-1. The number of rotatable bonds is 1. The fourth-order valence-corrected chi connectivity index (χ4v) is 0.349. The maximum Gasteiger partial charge on any atom is 2.00 e. The van der Waals surface area contributed by atoms with E-state index in [9.17, 15) is 39.5 Å². The van der Waals surface area contributed by atoms with Crippen molar-refractivity contribution in [3.63, 3.8) is 0 Å². The summed E-state index contributed by atoms with van der Waals surface area (Å²) in [4.78, 5) is 0. The summed E-state index contributed by atoms with van der Waals surface area (Å²) in [5.74, 6) is -6.41. The Balaban J connectivity index is -0.000000199. The van der Waals surface area contributed by atoms with E-state index in [-0.39, 0.29) is 35.5 Å². The molecule has 0 fully saturated rings. The van der Waals surface area contributed by atoms with Gasteiger partial charge < -0.3 is 19.3 Å². The van der Waals surface area contributed by atoms with Gasteiger partial charge in [-0.25, -0.2) is 4.39 Å². The van der Waals surface area contributed by atoms with Crippen LogP contribution in [0, 0.1) is 6.92 Å². The minimum atomic E-state index is -6.55. The third-order valence-corrected chi connectivity index (χ3v) is 0.984. The van der Waals surface area contributed by atoms with Crippen molar-refractivity contribution in [2.75, 3.05) is 0 Å². The molecule has 102 valence electrons.